The molecule has 0 bridgehead atoms. The van der Waals surface area contributed by atoms with Gasteiger partial charge in [0.1, 0.15) is 17.3 Å². The SMILES string of the molecule is CC[C@@H](N)c1ccc(Oc2ccc(F)cc2C)cn1. The van der Waals surface area contributed by atoms with Crippen LogP contribution < -0.4 is 10.5 Å². The summed E-state index contributed by atoms with van der Waals surface area (Å²) >= 11 is 0. The number of nitrogens with zero attached hydrogens (tertiary/aromatic N) is 1. The van der Waals surface area contributed by atoms with Gasteiger partial charge in [-0.1, -0.05) is 6.92 Å². The quantitative estimate of drug-likeness (QED) is 0.911. The van der Waals surface area contributed by atoms with Gasteiger partial charge in [-0.15, -0.1) is 0 Å². The maximum atomic E-state index is 13.0. The zero-order valence-electron chi connectivity index (χ0n) is 11.1. The van der Waals surface area contributed by atoms with Crippen LogP contribution in [-0.2, 0) is 0 Å². The molecule has 0 aliphatic heterocycles. The van der Waals surface area contributed by atoms with Crippen LogP contribution >= 0.6 is 0 Å². The van der Waals surface area contributed by atoms with Gasteiger partial charge in [0.05, 0.1) is 11.9 Å². The van der Waals surface area contributed by atoms with Crippen molar-refractivity contribution in [1.29, 1.82) is 0 Å². The standard InChI is InChI=1S/C15H17FN2O/c1-3-13(17)14-6-5-12(9-18-14)19-15-7-4-11(16)8-10(15)2/h4-9,13H,3,17H2,1-2H3/t13-/m1/s1. The van der Waals surface area contributed by atoms with Gasteiger partial charge in [-0.25, -0.2) is 4.39 Å². The highest BCUT2D eigenvalue weighted by atomic mass is 19.1. The number of rotatable bonds is 4. The first-order valence-corrected chi connectivity index (χ1v) is 6.25. The molecule has 3 nitrogen and oxygen atoms in total. The minimum Gasteiger partial charge on any atom is -0.455 e. The molecule has 0 fully saturated rings. The zero-order valence-corrected chi connectivity index (χ0v) is 11.1. The van der Waals surface area contributed by atoms with Crippen LogP contribution in [0.3, 0.4) is 0 Å². The molecule has 1 aromatic carbocycles. The molecule has 1 heterocycles. The Hall–Kier alpha value is -1.94. The lowest BCUT2D eigenvalue weighted by Gasteiger charge is -2.11. The van der Waals surface area contributed by atoms with Crippen molar-refractivity contribution < 1.29 is 9.13 Å². The predicted octanol–water partition coefficient (Wildman–Crippen LogP) is 3.73. The number of hydrogen-bond donors (Lipinski definition) is 1. The topological polar surface area (TPSA) is 48.1 Å². The summed E-state index contributed by atoms with van der Waals surface area (Å²) in [6.07, 6.45) is 2.47. The van der Waals surface area contributed by atoms with Gasteiger partial charge >= 0.3 is 0 Å². The number of benzene rings is 1. The number of pyridine rings is 1. The fourth-order valence-electron chi connectivity index (χ4n) is 1.73. The van der Waals surface area contributed by atoms with Crippen molar-refractivity contribution in [2.75, 3.05) is 0 Å². The molecule has 0 amide bonds. The number of hydrogen-bond acceptors (Lipinski definition) is 3. The molecule has 0 saturated carbocycles. The molecule has 2 aromatic rings. The second-order valence-electron chi connectivity index (χ2n) is 4.45. The molecule has 19 heavy (non-hydrogen) atoms. The van der Waals surface area contributed by atoms with Crippen molar-refractivity contribution in [3.63, 3.8) is 0 Å². The molecule has 100 valence electrons. The van der Waals surface area contributed by atoms with Crippen LogP contribution in [0.4, 0.5) is 4.39 Å². The molecule has 0 aliphatic rings. The fourth-order valence-corrected chi connectivity index (χ4v) is 1.73. The molecule has 1 atom stereocenters. The van der Waals surface area contributed by atoms with Crippen LogP contribution in [-0.4, -0.2) is 4.98 Å². The minimum absolute atomic E-state index is 0.0541. The van der Waals surface area contributed by atoms with E-state index in [1.165, 1.54) is 12.1 Å². The van der Waals surface area contributed by atoms with Gasteiger partial charge in [0, 0.05) is 6.04 Å². The third-order valence-electron chi connectivity index (χ3n) is 2.94. The average molecular weight is 260 g/mol. The van der Waals surface area contributed by atoms with E-state index in [4.69, 9.17) is 10.5 Å². The van der Waals surface area contributed by atoms with E-state index in [1.807, 2.05) is 19.1 Å². The van der Waals surface area contributed by atoms with Crippen molar-refractivity contribution in [1.82, 2.24) is 4.98 Å². The van der Waals surface area contributed by atoms with Gasteiger partial charge in [0.15, 0.2) is 0 Å². The molecule has 0 spiro atoms. The Kier molecular flexibility index (Phi) is 4.12. The van der Waals surface area contributed by atoms with E-state index in [-0.39, 0.29) is 11.9 Å². The molecular formula is C15H17FN2O. The van der Waals surface area contributed by atoms with E-state index in [9.17, 15) is 4.39 Å². The van der Waals surface area contributed by atoms with Crippen molar-refractivity contribution >= 4 is 0 Å². The van der Waals surface area contributed by atoms with Gasteiger partial charge in [-0.2, -0.15) is 0 Å². The summed E-state index contributed by atoms with van der Waals surface area (Å²) in [5.41, 5.74) is 7.48. The number of aromatic nitrogens is 1. The van der Waals surface area contributed by atoms with E-state index in [2.05, 4.69) is 4.98 Å². The highest BCUT2D eigenvalue weighted by molar-refractivity contribution is 5.36. The molecule has 1 aromatic heterocycles. The third kappa shape index (κ3) is 3.29. The normalized spacial score (nSPS) is 12.2. The number of ether oxygens (including phenoxy) is 1. The summed E-state index contributed by atoms with van der Waals surface area (Å²) in [5.74, 6) is 0.963. The van der Waals surface area contributed by atoms with Crippen molar-refractivity contribution in [3.05, 3.63) is 53.6 Å². The van der Waals surface area contributed by atoms with Crippen LogP contribution in [0.25, 0.3) is 0 Å². The van der Waals surface area contributed by atoms with Gasteiger partial charge in [-0.3, -0.25) is 4.98 Å². The molecule has 2 N–H and O–H groups in total. The molecule has 2 rings (SSSR count). The highest BCUT2D eigenvalue weighted by Gasteiger charge is 2.06. The molecule has 4 heteroatoms. The van der Waals surface area contributed by atoms with E-state index < -0.39 is 0 Å². The van der Waals surface area contributed by atoms with Crippen LogP contribution in [0, 0.1) is 12.7 Å². The predicted molar refractivity (Wildman–Crippen MR) is 72.7 cm³/mol. The Morgan fingerprint density at radius 2 is 2.11 bits per heavy atom. The summed E-state index contributed by atoms with van der Waals surface area (Å²) in [6, 6.07) is 8.03. The van der Waals surface area contributed by atoms with Gasteiger partial charge in [0.2, 0.25) is 0 Å². The molecule has 0 saturated heterocycles. The first-order valence-electron chi connectivity index (χ1n) is 6.25. The zero-order chi connectivity index (χ0) is 13.8. The van der Waals surface area contributed by atoms with Crippen LogP contribution in [0.2, 0.25) is 0 Å². The highest BCUT2D eigenvalue weighted by Crippen LogP contribution is 2.25. The molecule has 0 aliphatic carbocycles. The summed E-state index contributed by atoms with van der Waals surface area (Å²) in [4.78, 5) is 4.27. The Balaban J connectivity index is 2.15. The lowest BCUT2D eigenvalue weighted by atomic mass is 10.1. The average Bonchev–Trinajstić information content (AvgIpc) is 2.42. The number of halogens is 1. The Morgan fingerprint density at radius 3 is 2.68 bits per heavy atom. The third-order valence-corrected chi connectivity index (χ3v) is 2.94. The smallest absolute Gasteiger partial charge is 0.145 e. The maximum absolute atomic E-state index is 13.0. The fraction of sp³-hybridized carbons (Fsp3) is 0.267. The van der Waals surface area contributed by atoms with E-state index in [0.717, 1.165) is 17.7 Å². The summed E-state index contributed by atoms with van der Waals surface area (Å²) in [5, 5.41) is 0. The molecule has 0 unspecified atom stereocenters. The summed E-state index contributed by atoms with van der Waals surface area (Å²) in [6.45, 7) is 3.81. The van der Waals surface area contributed by atoms with Crippen molar-refractivity contribution in [2.24, 2.45) is 5.73 Å². The van der Waals surface area contributed by atoms with E-state index in [0.29, 0.717) is 11.5 Å². The second kappa shape index (κ2) is 5.80. The Morgan fingerprint density at radius 1 is 1.32 bits per heavy atom. The number of aryl methyl sites for hydroxylation is 1. The first-order chi connectivity index (χ1) is 9.10. The molecule has 0 radical (unpaired) electrons. The van der Waals surface area contributed by atoms with Crippen LogP contribution in [0.15, 0.2) is 36.5 Å². The van der Waals surface area contributed by atoms with Gasteiger partial charge < -0.3 is 10.5 Å². The second-order valence-corrected chi connectivity index (χ2v) is 4.45. The summed E-state index contributed by atoms with van der Waals surface area (Å²) < 4.78 is 18.6. The first kappa shape index (κ1) is 13.5. The lowest BCUT2D eigenvalue weighted by Crippen LogP contribution is -2.10. The monoisotopic (exact) mass is 260 g/mol. The van der Waals surface area contributed by atoms with Gasteiger partial charge in [-0.05, 0) is 49.2 Å². The largest absolute Gasteiger partial charge is 0.455 e. The Labute approximate surface area is 112 Å². The van der Waals surface area contributed by atoms with Gasteiger partial charge in [0.25, 0.3) is 0 Å². The van der Waals surface area contributed by atoms with Crippen LogP contribution in [0.1, 0.15) is 30.6 Å². The molecular weight excluding hydrogens is 243 g/mol. The van der Waals surface area contributed by atoms with E-state index >= 15 is 0 Å². The minimum atomic E-state index is -0.271. The number of nitrogens with two attached hydrogens (primary N) is 1. The summed E-state index contributed by atoms with van der Waals surface area (Å²) in [7, 11) is 0. The maximum Gasteiger partial charge on any atom is 0.145 e. The van der Waals surface area contributed by atoms with Crippen LogP contribution in [0.5, 0.6) is 11.5 Å². The Bertz CT molecular complexity index is 555. The van der Waals surface area contributed by atoms with Crippen molar-refractivity contribution in [2.45, 2.75) is 26.3 Å². The van der Waals surface area contributed by atoms with Crippen molar-refractivity contribution in [3.8, 4) is 11.5 Å². The van der Waals surface area contributed by atoms with E-state index in [1.54, 1.807) is 19.2 Å². The lowest BCUT2D eigenvalue weighted by molar-refractivity contribution is 0.473.